The van der Waals surface area contributed by atoms with Crippen LogP contribution in [-0.2, 0) is 13.0 Å². The molecule has 0 spiro atoms. The van der Waals surface area contributed by atoms with Crippen molar-refractivity contribution in [2.45, 2.75) is 32.9 Å². The quantitative estimate of drug-likeness (QED) is 0.883. The van der Waals surface area contributed by atoms with E-state index in [0.29, 0.717) is 18.3 Å². The van der Waals surface area contributed by atoms with Gasteiger partial charge < -0.3 is 9.84 Å². The van der Waals surface area contributed by atoms with Crippen molar-refractivity contribution in [3.63, 3.8) is 0 Å². The number of halogens is 1. The maximum atomic E-state index is 13.0. The Balaban J connectivity index is 1.83. The highest BCUT2D eigenvalue weighted by Crippen LogP contribution is 2.06. The van der Waals surface area contributed by atoms with Crippen LogP contribution in [0.2, 0.25) is 0 Å². The van der Waals surface area contributed by atoms with Gasteiger partial charge in [-0.05, 0) is 31.0 Å². The van der Waals surface area contributed by atoms with Crippen LogP contribution in [0.5, 0.6) is 0 Å². The van der Waals surface area contributed by atoms with E-state index in [9.17, 15) is 4.39 Å². The third kappa shape index (κ3) is 3.63. The maximum Gasteiger partial charge on any atom is 0.223 e. The summed E-state index contributed by atoms with van der Waals surface area (Å²) in [7, 11) is 0. The Hall–Kier alpha value is -1.75. The molecule has 2 rings (SSSR count). The molecule has 18 heavy (non-hydrogen) atoms. The van der Waals surface area contributed by atoms with Crippen molar-refractivity contribution in [2.75, 3.05) is 0 Å². The highest BCUT2D eigenvalue weighted by atomic mass is 19.1. The van der Waals surface area contributed by atoms with Gasteiger partial charge in [0.25, 0.3) is 0 Å². The van der Waals surface area contributed by atoms with Crippen molar-refractivity contribution < 1.29 is 8.91 Å². The highest BCUT2D eigenvalue weighted by Gasteiger charge is 2.07. The average molecular weight is 249 g/mol. The van der Waals surface area contributed by atoms with Gasteiger partial charge in [0.05, 0.1) is 6.54 Å². The van der Waals surface area contributed by atoms with E-state index >= 15 is 0 Å². The Morgan fingerprint density at radius 3 is 2.94 bits per heavy atom. The van der Waals surface area contributed by atoms with Gasteiger partial charge in [0.15, 0.2) is 5.82 Å². The van der Waals surface area contributed by atoms with E-state index in [1.807, 2.05) is 13.0 Å². The van der Waals surface area contributed by atoms with Crippen LogP contribution in [-0.4, -0.2) is 16.2 Å². The zero-order chi connectivity index (χ0) is 13.0. The minimum atomic E-state index is -0.200. The molecule has 2 aromatic rings. The molecule has 0 saturated carbocycles. The third-order valence-electron chi connectivity index (χ3n) is 2.61. The van der Waals surface area contributed by atoms with Gasteiger partial charge in [0, 0.05) is 13.0 Å². The number of rotatable bonds is 5. The van der Waals surface area contributed by atoms with Gasteiger partial charge in [-0.1, -0.05) is 17.3 Å². The van der Waals surface area contributed by atoms with E-state index in [0.717, 1.165) is 12.0 Å². The minimum Gasteiger partial charge on any atom is -0.340 e. The molecule has 4 nitrogen and oxygen atoms in total. The normalized spacial score (nSPS) is 12.6. The summed E-state index contributed by atoms with van der Waals surface area (Å²) in [5.74, 6) is 0.997. The Morgan fingerprint density at radius 2 is 2.28 bits per heavy atom. The molecule has 0 radical (unpaired) electrons. The molecule has 5 heteroatoms. The molecule has 0 fully saturated rings. The molecular formula is C13H16FN3O. The predicted octanol–water partition coefficient (Wildman–Crippen LogP) is 2.24. The summed E-state index contributed by atoms with van der Waals surface area (Å²) < 4.78 is 17.9. The second kappa shape index (κ2) is 5.73. The number of nitrogens with one attached hydrogen (secondary N) is 1. The van der Waals surface area contributed by atoms with E-state index in [4.69, 9.17) is 4.52 Å². The molecule has 0 amide bonds. The molecule has 1 unspecified atom stereocenters. The molecule has 96 valence electrons. The largest absolute Gasteiger partial charge is 0.340 e. The van der Waals surface area contributed by atoms with E-state index in [-0.39, 0.29) is 11.9 Å². The van der Waals surface area contributed by atoms with Crippen molar-refractivity contribution in [1.82, 2.24) is 15.5 Å². The fraction of sp³-hybridized carbons (Fsp3) is 0.385. The Morgan fingerprint density at radius 1 is 1.44 bits per heavy atom. The molecule has 1 atom stereocenters. The zero-order valence-electron chi connectivity index (χ0n) is 10.5. The second-order valence-corrected chi connectivity index (χ2v) is 4.35. The topological polar surface area (TPSA) is 51.0 Å². The summed E-state index contributed by atoms with van der Waals surface area (Å²) in [5.41, 5.74) is 0.972. The fourth-order valence-corrected chi connectivity index (χ4v) is 1.77. The van der Waals surface area contributed by atoms with Gasteiger partial charge in [-0.25, -0.2) is 4.39 Å². The summed E-state index contributed by atoms with van der Waals surface area (Å²) in [6, 6.07) is 6.85. The van der Waals surface area contributed by atoms with Crippen molar-refractivity contribution in [3.05, 3.63) is 47.4 Å². The summed E-state index contributed by atoms with van der Waals surface area (Å²) >= 11 is 0. The van der Waals surface area contributed by atoms with Gasteiger partial charge >= 0.3 is 0 Å². The number of nitrogens with zero attached hydrogens (tertiary/aromatic N) is 2. The van der Waals surface area contributed by atoms with Crippen LogP contribution in [0.1, 0.15) is 24.2 Å². The Labute approximate surface area is 105 Å². The molecule has 0 aliphatic rings. The van der Waals surface area contributed by atoms with E-state index in [2.05, 4.69) is 15.5 Å². The zero-order valence-corrected chi connectivity index (χ0v) is 10.5. The lowest BCUT2D eigenvalue weighted by Gasteiger charge is -2.12. The van der Waals surface area contributed by atoms with E-state index < -0.39 is 0 Å². The van der Waals surface area contributed by atoms with Gasteiger partial charge in [0.1, 0.15) is 5.82 Å². The number of benzene rings is 1. The first-order valence-electron chi connectivity index (χ1n) is 5.90. The Kier molecular flexibility index (Phi) is 4.04. The van der Waals surface area contributed by atoms with E-state index in [1.165, 1.54) is 6.07 Å². The monoisotopic (exact) mass is 249 g/mol. The molecule has 0 aliphatic carbocycles. The molecule has 0 bridgehead atoms. The molecule has 0 aliphatic heterocycles. The first kappa shape index (κ1) is 12.7. The van der Waals surface area contributed by atoms with Crippen molar-refractivity contribution in [2.24, 2.45) is 0 Å². The molecule has 1 aromatic carbocycles. The summed E-state index contributed by atoms with van der Waals surface area (Å²) in [6.45, 7) is 4.35. The van der Waals surface area contributed by atoms with Crippen LogP contribution in [0.25, 0.3) is 0 Å². The van der Waals surface area contributed by atoms with Crippen molar-refractivity contribution >= 4 is 0 Å². The number of hydrogen-bond acceptors (Lipinski definition) is 4. The first-order valence-corrected chi connectivity index (χ1v) is 5.90. The Bertz CT molecular complexity index is 512. The number of hydrogen-bond donors (Lipinski definition) is 1. The van der Waals surface area contributed by atoms with Crippen LogP contribution in [0.4, 0.5) is 4.39 Å². The summed E-state index contributed by atoms with van der Waals surface area (Å²) in [4.78, 5) is 4.10. The molecule has 1 aromatic heterocycles. The lowest BCUT2D eigenvalue weighted by molar-refractivity contribution is 0.383. The standard InChI is InChI=1S/C13H16FN3O/c1-9(6-11-4-3-5-12(14)7-11)15-8-13-16-10(2)18-17-13/h3-5,7,9,15H,6,8H2,1-2H3. The average Bonchev–Trinajstić information content (AvgIpc) is 2.73. The van der Waals surface area contributed by atoms with Crippen molar-refractivity contribution in [3.8, 4) is 0 Å². The van der Waals surface area contributed by atoms with Crippen molar-refractivity contribution in [1.29, 1.82) is 0 Å². The maximum absolute atomic E-state index is 13.0. The molecule has 0 saturated heterocycles. The van der Waals surface area contributed by atoms with Crippen LogP contribution in [0.15, 0.2) is 28.8 Å². The van der Waals surface area contributed by atoms with Gasteiger partial charge in [-0.15, -0.1) is 0 Å². The van der Waals surface area contributed by atoms with Crippen LogP contribution in [0.3, 0.4) is 0 Å². The SMILES string of the molecule is Cc1nc(CNC(C)Cc2cccc(F)c2)no1. The number of aryl methyl sites for hydroxylation is 1. The second-order valence-electron chi connectivity index (χ2n) is 4.35. The predicted molar refractivity (Wildman–Crippen MR) is 65.4 cm³/mol. The van der Waals surface area contributed by atoms with Crippen LogP contribution >= 0.6 is 0 Å². The first-order chi connectivity index (χ1) is 8.63. The summed E-state index contributed by atoms with van der Waals surface area (Å²) in [5, 5.41) is 7.07. The third-order valence-corrected chi connectivity index (χ3v) is 2.61. The number of aromatic nitrogens is 2. The van der Waals surface area contributed by atoms with Gasteiger partial charge in [-0.2, -0.15) is 4.98 Å². The van der Waals surface area contributed by atoms with Gasteiger partial charge in [0.2, 0.25) is 5.89 Å². The van der Waals surface area contributed by atoms with E-state index in [1.54, 1.807) is 19.1 Å². The smallest absolute Gasteiger partial charge is 0.223 e. The molecular weight excluding hydrogens is 233 g/mol. The lowest BCUT2D eigenvalue weighted by atomic mass is 10.1. The fourth-order valence-electron chi connectivity index (χ4n) is 1.77. The van der Waals surface area contributed by atoms with Gasteiger partial charge in [-0.3, -0.25) is 0 Å². The van der Waals surface area contributed by atoms with Crippen LogP contribution in [0, 0.1) is 12.7 Å². The lowest BCUT2D eigenvalue weighted by Crippen LogP contribution is -2.28. The van der Waals surface area contributed by atoms with Crippen LogP contribution < -0.4 is 5.32 Å². The summed E-state index contributed by atoms with van der Waals surface area (Å²) in [6.07, 6.45) is 0.759. The molecule has 1 N–H and O–H groups in total. The molecule has 1 heterocycles. The minimum absolute atomic E-state index is 0.200. The highest BCUT2D eigenvalue weighted by molar-refractivity contribution is 5.17.